The molecular weight excluding hydrogens is 247 g/mol. The maximum absolute atomic E-state index is 12.5. The van der Waals surface area contributed by atoms with Gasteiger partial charge >= 0.3 is 6.18 Å². The fraction of sp³-hybridized carbons (Fsp3) is 0.300. The Labute approximate surface area is 100 Å². The zero-order chi connectivity index (χ0) is 13.5. The van der Waals surface area contributed by atoms with Crippen LogP contribution in [0.3, 0.4) is 0 Å². The second kappa shape index (κ2) is 3.97. The predicted octanol–water partition coefficient (Wildman–Crippen LogP) is 1.88. The monoisotopic (exact) mass is 257 g/mol. The molecule has 0 fully saturated rings. The molecule has 0 saturated heterocycles. The van der Waals surface area contributed by atoms with E-state index >= 15 is 0 Å². The van der Waals surface area contributed by atoms with Crippen LogP contribution in [0.25, 0.3) is 5.82 Å². The summed E-state index contributed by atoms with van der Waals surface area (Å²) in [6, 6.07) is 0. The third kappa shape index (κ3) is 2.13. The van der Waals surface area contributed by atoms with E-state index in [0.717, 1.165) is 17.1 Å². The third-order valence-electron chi connectivity index (χ3n) is 2.40. The van der Waals surface area contributed by atoms with Gasteiger partial charge in [0.1, 0.15) is 11.6 Å². The Bertz CT molecular complexity index is 588. The summed E-state index contributed by atoms with van der Waals surface area (Å²) in [5, 5.41) is 3.65. The lowest BCUT2D eigenvalue weighted by atomic mass is 10.3. The van der Waals surface area contributed by atoms with Crippen molar-refractivity contribution >= 4 is 5.82 Å². The molecule has 0 aromatic carbocycles. The van der Waals surface area contributed by atoms with E-state index in [0.29, 0.717) is 11.4 Å². The minimum atomic E-state index is -4.43. The number of nitrogen functional groups attached to an aromatic ring is 1. The van der Waals surface area contributed by atoms with Crippen molar-refractivity contribution in [3.05, 3.63) is 29.3 Å². The van der Waals surface area contributed by atoms with Crippen LogP contribution in [0.4, 0.5) is 19.0 Å². The molecule has 2 aromatic heterocycles. The number of hydrogen-bond acceptors (Lipinski definition) is 4. The second-order valence-corrected chi connectivity index (χ2v) is 3.78. The van der Waals surface area contributed by atoms with Crippen LogP contribution in [0.15, 0.2) is 12.4 Å². The molecular formula is C10H10F3N5. The predicted molar refractivity (Wildman–Crippen MR) is 58.0 cm³/mol. The fourth-order valence-electron chi connectivity index (χ4n) is 1.44. The molecule has 2 rings (SSSR count). The first-order valence-corrected chi connectivity index (χ1v) is 5.02. The second-order valence-electron chi connectivity index (χ2n) is 3.78. The zero-order valence-corrected chi connectivity index (χ0v) is 9.65. The first kappa shape index (κ1) is 12.3. The molecule has 96 valence electrons. The van der Waals surface area contributed by atoms with Crippen molar-refractivity contribution in [3.63, 3.8) is 0 Å². The van der Waals surface area contributed by atoms with E-state index in [9.17, 15) is 13.2 Å². The minimum Gasteiger partial charge on any atom is -0.383 e. The highest BCUT2D eigenvalue weighted by Gasteiger charge is 2.32. The van der Waals surface area contributed by atoms with Gasteiger partial charge in [0.2, 0.25) is 0 Å². The summed E-state index contributed by atoms with van der Waals surface area (Å²) < 4.78 is 38.4. The van der Waals surface area contributed by atoms with Gasteiger partial charge in [0, 0.05) is 11.8 Å². The van der Waals surface area contributed by atoms with Crippen molar-refractivity contribution in [2.45, 2.75) is 20.0 Å². The van der Waals surface area contributed by atoms with Crippen LogP contribution in [-0.2, 0) is 6.18 Å². The Hall–Kier alpha value is -2.12. The molecule has 0 unspecified atom stereocenters. The highest BCUT2D eigenvalue weighted by Crippen LogP contribution is 2.29. The molecule has 0 spiro atoms. The molecule has 2 heterocycles. The van der Waals surface area contributed by atoms with Crippen LogP contribution in [-0.4, -0.2) is 19.7 Å². The lowest BCUT2D eigenvalue weighted by molar-refractivity contribution is -0.137. The highest BCUT2D eigenvalue weighted by atomic mass is 19.4. The van der Waals surface area contributed by atoms with Crippen molar-refractivity contribution in [1.29, 1.82) is 0 Å². The molecule has 0 saturated carbocycles. The van der Waals surface area contributed by atoms with Crippen LogP contribution in [0.5, 0.6) is 0 Å². The zero-order valence-electron chi connectivity index (χ0n) is 9.65. The van der Waals surface area contributed by atoms with Crippen molar-refractivity contribution in [3.8, 4) is 5.82 Å². The first-order chi connectivity index (χ1) is 8.29. The lowest BCUT2D eigenvalue weighted by Gasteiger charge is -2.08. The average Bonchev–Trinajstić information content (AvgIpc) is 2.71. The molecule has 0 bridgehead atoms. The topological polar surface area (TPSA) is 69.6 Å². The van der Waals surface area contributed by atoms with Crippen LogP contribution in [0.1, 0.15) is 17.0 Å². The number of nitrogens with zero attached hydrogens (tertiary/aromatic N) is 4. The summed E-state index contributed by atoms with van der Waals surface area (Å²) in [5.41, 5.74) is 5.28. The van der Waals surface area contributed by atoms with Gasteiger partial charge < -0.3 is 5.73 Å². The van der Waals surface area contributed by atoms with Gasteiger partial charge in [-0.2, -0.15) is 18.3 Å². The Kier molecular flexibility index (Phi) is 2.72. The highest BCUT2D eigenvalue weighted by molar-refractivity contribution is 5.48. The minimum absolute atomic E-state index is 0.224. The largest absolute Gasteiger partial charge is 0.419 e. The van der Waals surface area contributed by atoms with E-state index in [1.165, 1.54) is 0 Å². The van der Waals surface area contributed by atoms with Crippen LogP contribution >= 0.6 is 0 Å². The van der Waals surface area contributed by atoms with E-state index in [2.05, 4.69) is 15.1 Å². The van der Waals surface area contributed by atoms with Gasteiger partial charge in [-0.15, -0.1) is 0 Å². The summed E-state index contributed by atoms with van der Waals surface area (Å²) >= 11 is 0. The number of nitrogens with two attached hydrogens (primary N) is 1. The van der Waals surface area contributed by atoms with E-state index in [1.807, 2.05) is 0 Å². The van der Waals surface area contributed by atoms with E-state index in [4.69, 9.17) is 5.73 Å². The molecule has 0 aliphatic carbocycles. The average molecular weight is 257 g/mol. The lowest BCUT2D eigenvalue weighted by Crippen LogP contribution is -2.08. The number of rotatable bonds is 1. The summed E-state index contributed by atoms with van der Waals surface area (Å²) in [7, 11) is 0. The first-order valence-electron chi connectivity index (χ1n) is 5.02. The maximum Gasteiger partial charge on any atom is 0.419 e. The SMILES string of the molecule is Cc1nc(N)c(C)c(-n2cc(C(F)(F)F)cn2)n1. The van der Waals surface area contributed by atoms with Gasteiger partial charge in [-0.1, -0.05) is 0 Å². The van der Waals surface area contributed by atoms with Gasteiger partial charge in [-0.25, -0.2) is 14.6 Å². The number of anilines is 1. The van der Waals surface area contributed by atoms with Crippen molar-refractivity contribution in [2.75, 3.05) is 5.73 Å². The molecule has 2 N–H and O–H groups in total. The van der Waals surface area contributed by atoms with E-state index in [1.54, 1.807) is 13.8 Å². The fourth-order valence-corrected chi connectivity index (χ4v) is 1.44. The number of halogens is 3. The molecule has 0 aliphatic heterocycles. The van der Waals surface area contributed by atoms with E-state index < -0.39 is 11.7 Å². The number of alkyl halides is 3. The number of hydrogen-bond donors (Lipinski definition) is 1. The molecule has 0 amide bonds. The summed E-state index contributed by atoms with van der Waals surface area (Å²) in [4.78, 5) is 7.96. The van der Waals surface area contributed by atoms with Gasteiger partial charge in [0.05, 0.1) is 11.8 Å². The maximum atomic E-state index is 12.5. The Morgan fingerprint density at radius 2 is 1.89 bits per heavy atom. The third-order valence-corrected chi connectivity index (χ3v) is 2.40. The number of aryl methyl sites for hydroxylation is 1. The smallest absolute Gasteiger partial charge is 0.383 e. The Morgan fingerprint density at radius 3 is 2.44 bits per heavy atom. The molecule has 2 aromatic rings. The normalized spacial score (nSPS) is 11.8. The van der Waals surface area contributed by atoms with Gasteiger partial charge in [-0.05, 0) is 13.8 Å². The molecule has 0 aliphatic rings. The summed E-state index contributed by atoms with van der Waals surface area (Å²) in [6.07, 6.45) is -2.82. The summed E-state index contributed by atoms with van der Waals surface area (Å²) in [5.74, 6) is 0.842. The van der Waals surface area contributed by atoms with Crippen LogP contribution in [0, 0.1) is 13.8 Å². The molecule has 18 heavy (non-hydrogen) atoms. The molecule has 8 heteroatoms. The quantitative estimate of drug-likeness (QED) is 0.846. The van der Waals surface area contributed by atoms with Crippen LogP contribution < -0.4 is 5.73 Å². The van der Waals surface area contributed by atoms with Gasteiger partial charge in [0.25, 0.3) is 0 Å². The summed E-state index contributed by atoms with van der Waals surface area (Å²) in [6.45, 7) is 3.23. The standard InChI is InChI=1S/C10H10F3N5/c1-5-8(14)16-6(2)17-9(5)18-4-7(3-15-18)10(11,12)13/h3-4H,1-2H3,(H2,14,16,17). The Balaban J connectivity index is 2.53. The van der Waals surface area contributed by atoms with Crippen molar-refractivity contribution in [2.24, 2.45) is 0 Å². The van der Waals surface area contributed by atoms with Gasteiger partial charge in [-0.3, -0.25) is 0 Å². The van der Waals surface area contributed by atoms with E-state index in [-0.39, 0.29) is 11.6 Å². The van der Waals surface area contributed by atoms with Crippen molar-refractivity contribution < 1.29 is 13.2 Å². The Morgan fingerprint density at radius 1 is 1.22 bits per heavy atom. The molecule has 0 atom stereocenters. The number of aromatic nitrogens is 4. The van der Waals surface area contributed by atoms with Crippen LogP contribution in [0.2, 0.25) is 0 Å². The molecule has 5 nitrogen and oxygen atoms in total. The van der Waals surface area contributed by atoms with Gasteiger partial charge in [0.15, 0.2) is 5.82 Å². The molecule has 0 radical (unpaired) electrons. The van der Waals surface area contributed by atoms with Crippen molar-refractivity contribution in [1.82, 2.24) is 19.7 Å².